The summed E-state index contributed by atoms with van der Waals surface area (Å²) >= 11 is 0. The third-order valence-electron chi connectivity index (χ3n) is 10.4. The molecule has 1 N–H and O–H groups in total. The number of aliphatic hydroxyl groups is 1. The highest BCUT2D eigenvalue weighted by atomic mass is 16.5. The molecule has 1 aromatic rings. The molecule has 0 aromatic heterocycles. The Labute approximate surface area is 192 Å². The number of carbonyl (C=O) groups is 2. The van der Waals surface area contributed by atoms with Crippen molar-refractivity contribution in [2.24, 2.45) is 34.5 Å². The van der Waals surface area contributed by atoms with Gasteiger partial charge in [0.1, 0.15) is 11.4 Å². The van der Waals surface area contributed by atoms with Gasteiger partial charge in [0.25, 0.3) is 0 Å². The van der Waals surface area contributed by atoms with Crippen molar-refractivity contribution < 1.29 is 19.4 Å². The van der Waals surface area contributed by atoms with Gasteiger partial charge in [0.2, 0.25) is 0 Å². The zero-order valence-corrected chi connectivity index (χ0v) is 19.8. The summed E-state index contributed by atoms with van der Waals surface area (Å²) in [6.45, 7) is 6.73. The largest absolute Gasteiger partial charge is 0.382 e. The van der Waals surface area contributed by atoms with Crippen LogP contribution in [-0.2, 0) is 20.9 Å². The summed E-state index contributed by atoms with van der Waals surface area (Å²) in [5.41, 5.74) is -0.116. The van der Waals surface area contributed by atoms with Crippen molar-refractivity contribution in [2.45, 2.75) is 90.4 Å². The van der Waals surface area contributed by atoms with Crippen molar-refractivity contribution in [1.29, 1.82) is 0 Å². The molecule has 4 heteroatoms. The molecule has 4 saturated carbocycles. The number of ketones is 2. The van der Waals surface area contributed by atoms with Gasteiger partial charge in [0, 0.05) is 11.8 Å². The predicted molar refractivity (Wildman–Crippen MR) is 123 cm³/mol. The number of rotatable bonds is 4. The van der Waals surface area contributed by atoms with Crippen LogP contribution in [0.5, 0.6) is 0 Å². The molecule has 0 aliphatic heterocycles. The van der Waals surface area contributed by atoms with E-state index in [9.17, 15) is 14.7 Å². The lowest BCUT2D eigenvalue weighted by atomic mass is 9.43. The fourth-order valence-electron chi connectivity index (χ4n) is 8.23. The molecule has 4 nitrogen and oxygen atoms in total. The van der Waals surface area contributed by atoms with Gasteiger partial charge in [0.15, 0.2) is 5.78 Å². The lowest BCUT2D eigenvalue weighted by Crippen LogP contribution is -2.61. The van der Waals surface area contributed by atoms with Gasteiger partial charge in [-0.2, -0.15) is 0 Å². The first-order chi connectivity index (χ1) is 15.2. The van der Waals surface area contributed by atoms with Crippen LogP contribution in [0.2, 0.25) is 0 Å². The third kappa shape index (κ3) is 3.32. The van der Waals surface area contributed by atoms with Gasteiger partial charge in [-0.1, -0.05) is 44.2 Å². The number of hydrogen-bond acceptors (Lipinski definition) is 4. The first kappa shape index (κ1) is 22.3. The van der Waals surface area contributed by atoms with Crippen molar-refractivity contribution >= 4 is 11.6 Å². The average molecular weight is 439 g/mol. The average Bonchev–Trinajstić information content (AvgIpc) is 3.08. The van der Waals surface area contributed by atoms with E-state index in [-0.39, 0.29) is 28.6 Å². The Hall–Kier alpha value is -1.52. The van der Waals surface area contributed by atoms with E-state index in [0.29, 0.717) is 49.4 Å². The Morgan fingerprint density at radius 1 is 1.09 bits per heavy atom. The van der Waals surface area contributed by atoms with Crippen LogP contribution < -0.4 is 0 Å². The number of hydrogen-bond donors (Lipinski definition) is 1. The number of fused-ring (bicyclic) bond motifs is 5. The zero-order chi connectivity index (χ0) is 22.7. The minimum absolute atomic E-state index is 0.0723. The molecule has 32 heavy (non-hydrogen) atoms. The molecule has 0 heterocycles. The van der Waals surface area contributed by atoms with Gasteiger partial charge in [0.05, 0.1) is 12.7 Å². The van der Waals surface area contributed by atoms with E-state index < -0.39 is 5.60 Å². The number of Topliss-reactive ketones (excluding diaryl/α,β-unsaturated/α-hetero) is 2. The Balaban J connectivity index is 1.47. The molecule has 1 aromatic carbocycles. The second kappa shape index (κ2) is 7.77. The first-order valence-corrected chi connectivity index (χ1v) is 12.6. The van der Waals surface area contributed by atoms with E-state index in [4.69, 9.17) is 4.74 Å². The van der Waals surface area contributed by atoms with Crippen LogP contribution in [0.3, 0.4) is 0 Å². The SMILES string of the molecule is CC(=O)[C@]1(O)CC[C@@]2(C)C(CC(OCc3ccccc3)[C@@H]3[C@@H]2CC[C@]2(C)C(=O)CC[C@@H]32)C1. The van der Waals surface area contributed by atoms with Crippen molar-refractivity contribution in [3.8, 4) is 0 Å². The molecule has 8 atom stereocenters. The molecule has 4 fully saturated rings. The normalized spacial score (nSPS) is 45.6. The summed E-state index contributed by atoms with van der Waals surface area (Å²) < 4.78 is 6.67. The zero-order valence-electron chi connectivity index (χ0n) is 19.8. The summed E-state index contributed by atoms with van der Waals surface area (Å²) in [5, 5.41) is 11.1. The fraction of sp³-hybridized carbons (Fsp3) is 0.714. The van der Waals surface area contributed by atoms with Crippen molar-refractivity contribution in [3.05, 3.63) is 35.9 Å². The molecular weight excluding hydrogens is 400 g/mol. The number of benzene rings is 1. The smallest absolute Gasteiger partial charge is 0.161 e. The second-order valence-corrected chi connectivity index (χ2v) is 11.8. The van der Waals surface area contributed by atoms with E-state index in [0.717, 1.165) is 32.1 Å². The minimum Gasteiger partial charge on any atom is -0.382 e. The third-order valence-corrected chi connectivity index (χ3v) is 10.4. The van der Waals surface area contributed by atoms with Gasteiger partial charge in [-0.3, -0.25) is 9.59 Å². The van der Waals surface area contributed by atoms with Gasteiger partial charge in [-0.15, -0.1) is 0 Å². The molecule has 0 amide bonds. The molecule has 2 unspecified atom stereocenters. The van der Waals surface area contributed by atoms with Crippen LogP contribution in [0.15, 0.2) is 30.3 Å². The minimum atomic E-state index is -1.19. The number of carbonyl (C=O) groups excluding carboxylic acids is 2. The van der Waals surface area contributed by atoms with Crippen LogP contribution in [0.4, 0.5) is 0 Å². The molecule has 0 spiro atoms. The van der Waals surface area contributed by atoms with Crippen LogP contribution >= 0.6 is 0 Å². The maximum Gasteiger partial charge on any atom is 0.161 e. The summed E-state index contributed by atoms with van der Waals surface area (Å²) in [6.07, 6.45) is 6.67. The molecule has 0 radical (unpaired) electrons. The van der Waals surface area contributed by atoms with Crippen molar-refractivity contribution in [3.63, 3.8) is 0 Å². The van der Waals surface area contributed by atoms with Gasteiger partial charge < -0.3 is 9.84 Å². The van der Waals surface area contributed by atoms with Crippen LogP contribution in [0.1, 0.15) is 77.7 Å². The molecule has 174 valence electrons. The van der Waals surface area contributed by atoms with Gasteiger partial charge in [-0.05, 0) is 86.5 Å². The summed E-state index contributed by atoms with van der Waals surface area (Å²) in [6, 6.07) is 10.3. The molecular formula is C28H38O4. The van der Waals surface area contributed by atoms with Gasteiger partial charge in [-0.25, -0.2) is 0 Å². The highest BCUT2D eigenvalue weighted by molar-refractivity contribution is 5.87. The van der Waals surface area contributed by atoms with Crippen LogP contribution in [0, 0.1) is 34.5 Å². The van der Waals surface area contributed by atoms with E-state index >= 15 is 0 Å². The Morgan fingerprint density at radius 3 is 2.56 bits per heavy atom. The molecule has 0 bridgehead atoms. The summed E-state index contributed by atoms with van der Waals surface area (Å²) in [4.78, 5) is 25.2. The van der Waals surface area contributed by atoms with Crippen molar-refractivity contribution in [2.75, 3.05) is 0 Å². The maximum absolute atomic E-state index is 12.9. The quantitative estimate of drug-likeness (QED) is 0.709. The highest BCUT2D eigenvalue weighted by Gasteiger charge is 2.64. The molecule has 4 aliphatic carbocycles. The highest BCUT2D eigenvalue weighted by Crippen LogP contribution is 2.66. The molecule has 4 aliphatic rings. The lowest BCUT2D eigenvalue weighted by molar-refractivity contribution is -0.199. The van der Waals surface area contributed by atoms with Gasteiger partial charge >= 0.3 is 0 Å². The van der Waals surface area contributed by atoms with E-state index in [2.05, 4.69) is 26.0 Å². The molecule has 0 saturated heterocycles. The molecule has 5 rings (SSSR count). The Kier molecular flexibility index (Phi) is 5.41. The van der Waals surface area contributed by atoms with Crippen molar-refractivity contribution in [1.82, 2.24) is 0 Å². The second-order valence-electron chi connectivity index (χ2n) is 11.8. The lowest BCUT2D eigenvalue weighted by Gasteiger charge is -2.63. The van der Waals surface area contributed by atoms with E-state index in [1.165, 1.54) is 12.5 Å². The maximum atomic E-state index is 12.9. The Morgan fingerprint density at radius 2 is 1.84 bits per heavy atom. The predicted octanol–water partition coefficient (Wildman–Crippen LogP) is 5.11. The summed E-state index contributed by atoms with van der Waals surface area (Å²) in [7, 11) is 0. The fourth-order valence-corrected chi connectivity index (χ4v) is 8.23. The summed E-state index contributed by atoms with van der Waals surface area (Å²) in [5.74, 6) is 1.89. The standard InChI is InChI=1S/C28H38O4/c1-18(29)28(31)14-13-26(2)20(16-28)15-23(32-17-19-7-5-4-6-8-19)25-21-9-10-24(30)27(21,3)12-11-22(25)26/h4-8,20-23,25,31H,9-17H2,1-3H3/t20?,21-,22-,23?,25-,26-,27-,28-/m0/s1. The monoisotopic (exact) mass is 438 g/mol. The van der Waals surface area contributed by atoms with E-state index in [1.807, 2.05) is 18.2 Å². The first-order valence-electron chi connectivity index (χ1n) is 12.6. The van der Waals surface area contributed by atoms with Crippen LogP contribution in [-0.4, -0.2) is 28.4 Å². The number of ether oxygens (including phenoxy) is 1. The Bertz CT molecular complexity index is 896. The van der Waals surface area contributed by atoms with E-state index in [1.54, 1.807) is 0 Å². The topological polar surface area (TPSA) is 63.6 Å². The van der Waals surface area contributed by atoms with Crippen LogP contribution in [0.25, 0.3) is 0 Å².